The minimum Gasteiger partial charge on any atom is -0.352 e. The molecule has 3 amide bonds. The van der Waals surface area contributed by atoms with Crippen LogP contribution in [-0.2, 0) is 17.4 Å². The predicted molar refractivity (Wildman–Crippen MR) is 86.7 cm³/mol. The van der Waals surface area contributed by atoms with E-state index in [-0.39, 0.29) is 23.9 Å². The molecule has 0 radical (unpaired) electrons. The topological polar surface area (TPSA) is 75.4 Å². The first kappa shape index (κ1) is 19.1. The number of rotatable bonds is 5. The highest BCUT2D eigenvalue weighted by Crippen LogP contribution is 2.33. The molecule has 8 heteroatoms. The highest BCUT2D eigenvalue weighted by Gasteiger charge is 2.33. The van der Waals surface area contributed by atoms with Crippen LogP contribution in [0.5, 0.6) is 0 Å². The number of nitrogens with zero attached hydrogens (tertiary/aromatic N) is 1. The Morgan fingerprint density at radius 2 is 2.00 bits per heavy atom. The van der Waals surface area contributed by atoms with Gasteiger partial charge in [0.15, 0.2) is 0 Å². The molecule has 1 aromatic rings. The molecule has 138 valence electrons. The number of hydrogen-bond donors (Lipinski definition) is 2. The van der Waals surface area contributed by atoms with Crippen molar-refractivity contribution in [3.8, 4) is 0 Å². The van der Waals surface area contributed by atoms with E-state index in [0.717, 1.165) is 18.9 Å². The lowest BCUT2D eigenvalue weighted by Crippen LogP contribution is -2.46. The maximum atomic E-state index is 13.0. The molecule has 0 aromatic heterocycles. The summed E-state index contributed by atoms with van der Waals surface area (Å²) in [5.41, 5.74) is 4.64. The Bertz CT molecular complexity index is 619. The Kier molecular flexibility index (Phi) is 6.27. The van der Waals surface area contributed by atoms with Crippen molar-refractivity contribution < 1.29 is 22.8 Å². The molecule has 1 aliphatic rings. The van der Waals surface area contributed by atoms with Crippen molar-refractivity contribution in [1.82, 2.24) is 10.2 Å². The molecule has 3 N–H and O–H groups in total. The number of aryl methyl sites for hydroxylation is 1. The number of likely N-dealkylation sites (tertiary alicyclic amines) is 1. The molecule has 1 heterocycles. The van der Waals surface area contributed by atoms with Crippen LogP contribution >= 0.6 is 0 Å². The summed E-state index contributed by atoms with van der Waals surface area (Å²) in [5, 5.41) is 2.26. The number of urea groups is 1. The second kappa shape index (κ2) is 8.22. The molecule has 1 saturated heterocycles. The van der Waals surface area contributed by atoms with Gasteiger partial charge in [0.25, 0.3) is 0 Å². The zero-order valence-electron chi connectivity index (χ0n) is 13.8. The lowest BCUT2D eigenvalue weighted by atomic mass is 9.90. The van der Waals surface area contributed by atoms with E-state index in [2.05, 4.69) is 5.32 Å². The van der Waals surface area contributed by atoms with Crippen LogP contribution in [0.1, 0.15) is 30.4 Å². The molecular formula is C17H22F3N3O2. The number of amides is 3. The van der Waals surface area contributed by atoms with E-state index in [4.69, 9.17) is 5.73 Å². The van der Waals surface area contributed by atoms with Crippen LogP contribution in [0, 0.1) is 5.92 Å². The third-order valence-electron chi connectivity index (χ3n) is 4.43. The molecule has 1 aromatic carbocycles. The number of carbonyl (C=O) groups excluding carboxylic acids is 2. The van der Waals surface area contributed by atoms with Gasteiger partial charge in [-0.3, -0.25) is 4.79 Å². The van der Waals surface area contributed by atoms with Gasteiger partial charge in [0.2, 0.25) is 5.91 Å². The number of nitrogens with one attached hydrogen (secondary N) is 1. The van der Waals surface area contributed by atoms with Crippen LogP contribution in [0.2, 0.25) is 0 Å². The van der Waals surface area contributed by atoms with Crippen LogP contribution in [-0.4, -0.2) is 36.5 Å². The first-order valence-electron chi connectivity index (χ1n) is 8.23. The second-order valence-corrected chi connectivity index (χ2v) is 6.26. The molecule has 0 spiro atoms. The molecule has 5 nitrogen and oxygen atoms in total. The Labute approximate surface area is 144 Å². The number of alkyl halides is 3. The number of halogens is 3. The van der Waals surface area contributed by atoms with Crippen molar-refractivity contribution in [3.63, 3.8) is 0 Å². The summed E-state index contributed by atoms with van der Waals surface area (Å²) in [7, 11) is 0. The fraction of sp³-hybridized carbons (Fsp3) is 0.529. The molecule has 1 aliphatic heterocycles. The summed E-state index contributed by atoms with van der Waals surface area (Å²) in [6, 6.07) is 4.84. The SMILES string of the molecule is NC(=O)NCC(=O)N1CCC[C@H](CCc2ccccc2C(F)(F)F)C1. The van der Waals surface area contributed by atoms with E-state index in [1.165, 1.54) is 12.1 Å². The second-order valence-electron chi connectivity index (χ2n) is 6.26. The van der Waals surface area contributed by atoms with Crippen molar-refractivity contribution in [2.75, 3.05) is 19.6 Å². The third-order valence-corrected chi connectivity index (χ3v) is 4.43. The molecule has 0 bridgehead atoms. The van der Waals surface area contributed by atoms with E-state index in [1.54, 1.807) is 11.0 Å². The van der Waals surface area contributed by atoms with E-state index < -0.39 is 17.8 Å². The quantitative estimate of drug-likeness (QED) is 0.850. The highest BCUT2D eigenvalue weighted by atomic mass is 19.4. The van der Waals surface area contributed by atoms with Crippen molar-refractivity contribution >= 4 is 11.9 Å². The van der Waals surface area contributed by atoms with E-state index in [1.807, 2.05) is 0 Å². The van der Waals surface area contributed by atoms with Gasteiger partial charge in [0.05, 0.1) is 12.1 Å². The first-order chi connectivity index (χ1) is 11.8. The smallest absolute Gasteiger partial charge is 0.352 e. The largest absolute Gasteiger partial charge is 0.416 e. The summed E-state index contributed by atoms with van der Waals surface area (Å²) in [6.07, 6.45) is -1.78. The van der Waals surface area contributed by atoms with Gasteiger partial charge >= 0.3 is 12.2 Å². The molecule has 0 saturated carbocycles. The van der Waals surface area contributed by atoms with E-state index >= 15 is 0 Å². The maximum Gasteiger partial charge on any atom is 0.416 e. The van der Waals surface area contributed by atoms with Crippen molar-refractivity contribution in [2.45, 2.75) is 31.9 Å². The molecule has 0 unspecified atom stereocenters. The summed E-state index contributed by atoms with van der Waals surface area (Å²) >= 11 is 0. The van der Waals surface area contributed by atoms with Gasteiger partial charge in [-0.15, -0.1) is 0 Å². The summed E-state index contributed by atoms with van der Waals surface area (Å²) in [4.78, 5) is 24.3. The predicted octanol–water partition coefficient (Wildman–Crippen LogP) is 2.54. The van der Waals surface area contributed by atoms with Crippen LogP contribution in [0.25, 0.3) is 0 Å². The Balaban J connectivity index is 1.91. The van der Waals surface area contributed by atoms with Gasteiger partial charge in [-0.1, -0.05) is 18.2 Å². The number of piperidine rings is 1. The van der Waals surface area contributed by atoms with Crippen LogP contribution in [0.3, 0.4) is 0 Å². The number of primary amides is 1. The highest BCUT2D eigenvalue weighted by molar-refractivity contribution is 5.83. The minimum atomic E-state index is -4.36. The molecule has 1 fully saturated rings. The van der Waals surface area contributed by atoms with Crippen LogP contribution < -0.4 is 11.1 Å². The summed E-state index contributed by atoms with van der Waals surface area (Å²) in [6.45, 7) is 0.932. The van der Waals surface area contributed by atoms with E-state index in [0.29, 0.717) is 25.9 Å². The van der Waals surface area contributed by atoms with Crippen LogP contribution in [0.4, 0.5) is 18.0 Å². The summed E-state index contributed by atoms with van der Waals surface area (Å²) in [5.74, 6) is -0.0771. The Hall–Kier alpha value is -2.25. The number of benzene rings is 1. The van der Waals surface area contributed by atoms with E-state index in [9.17, 15) is 22.8 Å². The summed E-state index contributed by atoms with van der Waals surface area (Å²) < 4.78 is 39.1. The average Bonchev–Trinajstić information content (AvgIpc) is 2.57. The molecule has 0 aliphatic carbocycles. The van der Waals surface area contributed by atoms with Crippen molar-refractivity contribution in [1.29, 1.82) is 0 Å². The van der Waals surface area contributed by atoms with Gasteiger partial charge in [-0.2, -0.15) is 13.2 Å². The maximum absolute atomic E-state index is 13.0. The van der Waals surface area contributed by atoms with Gasteiger partial charge in [0.1, 0.15) is 0 Å². The number of carbonyl (C=O) groups is 2. The molecule has 25 heavy (non-hydrogen) atoms. The van der Waals surface area contributed by atoms with Gasteiger partial charge < -0.3 is 16.0 Å². The Morgan fingerprint density at radius 1 is 1.28 bits per heavy atom. The van der Waals surface area contributed by atoms with Crippen molar-refractivity contribution in [3.05, 3.63) is 35.4 Å². The number of nitrogens with two attached hydrogens (primary N) is 1. The van der Waals surface area contributed by atoms with Crippen LogP contribution in [0.15, 0.2) is 24.3 Å². The van der Waals surface area contributed by atoms with Gasteiger partial charge in [0, 0.05) is 13.1 Å². The fourth-order valence-corrected chi connectivity index (χ4v) is 3.18. The average molecular weight is 357 g/mol. The van der Waals surface area contributed by atoms with Gasteiger partial charge in [-0.25, -0.2) is 4.79 Å². The molecule has 1 atom stereocenters. The Morgan fingerprint density at radius 3 is 2.68 bits per heavy atom. The molecular weight excluding hydrogens is 335 g/mol. The fourth-order valence-electron chi connectivity index (χ4n) is 3.18. The number of hydrogen-bond acceptors (Lipinski definition) is 2. The zero-order chi connectivity index (χ0) is 18.4. The lowest BCUT2D eigenvalue weighted by molar-refractivity contribution is -0.138. The minimum absolute atomic E-state index is 0.146. The lowest BCUT2D eigenvalue weighted by Gasteiger charge is -2.33. The first-order valence-corrected chi connectivity index (χ1v) is 8.23. The standard InChI is InChI=1S/C17H22F3N3O2/c18-17(19,20)14-6-2-1-5-13(14)8-7-12-4-3-9-23(11-12)15(24)10-22-16(21)25/h1-2,5-6,12H,3-4,7-11H2,(H3,21,22,25)/t12-/m1/s1. The van der Waals surface area contributed by atoms with Crippen molar-refractivity contribution in [2.24, 2.45) is 11.7 Å². The monoisotopic (exact) mass is 357 g/mol. The van der Waals surface area contributed by atoms with Gasteiger partial charge in [-0.05, 0) is 43.2 Å². The molecule has 2 rings (SSSR count). The third kappa shape index (κ3) is 5.65. The normalized spacial score (nSPS) is 18.0. The zero-order valence-corrected chi connectivity index (χ0v) is 13.8.